The molecule has 24 heavy (non-hydrogen) atoms. The molecule has 6 nitrogen and oxygen atoms in total. The number of hydrogen-bond donors (Lipinski definition) is 4. The van der Waals surface area contributed by atoms with Crippen LogP contribution < -0.4 is 10.6 Å². The largest absolute Gasteiger partial charge is 0.388 e. The van der Waals surface area contributed by atoms with Crippen molar-refractivity contribution in [3.63, 3.8) is 0 Å². The van der Waals surface area contributed by atoms with E-state index in [0.717, 1.165) is 42.9 Å². The molecule has 126 valence electrons. The number of nitrogens with zero attached hydrogens (tertiary/aromatic N) is 1. The Kier molecular flexibility index (Phi) is 4.08. The number of imidazole rings is 1. The minimum absolute atomic E-state index is 0.158. The molecular formula is C18H22N4O2. The van der Waals surface area contributed by atoms with Gasteiger partial charge in [0.05, 0.1) is 18.3 Å². The Morgan fingerprint density at radius 3 is 2.75 bits per heavy atom. The first kappa shape index (κ1) is 15.4. The summed E-state index contributed by atoms with van der Waals surface area (Å²) < 4.78 is 0. The molecule has 2 heterocycles. The molecular weight excluding hydrogens is 304 g/mol. The van der Waals surface area contributed by atoms with Crippen LogP contribution in [-0.2, 0) is 0 Å². The van der Waals surface area contributed by atoms with E-state index in [1.54, 1.807) is 6.20 Å². The van der Waals surface area contributed by atoms with Gasteiger partial charge in [-0.1, -0.05) is 24.3 Å². The second kappa shape index (κ2) is 6.37. The Labute approximate surface area is 140 Å². The molecule has 2 aliphatic rings. The second-order valence-electron chi connectivity index (χ2n) is 6.61. The molecule has 0 saturated carbocycles. The van der Waals surface area contributed by atoms with Gasteiger partial charge < -0.3 is 20.7 Å². The van der Waals surface area contributed by atoms with Crippen LogP contribution in [-0.4, -0.2) is 34.1 Å². The Morgan fingerprint density at radius 2 is 1.96 bits per heavy atom. The van der Waals surface area contributed by atoms with Gasteiger partial charge >= 0.3 is 0 Å². The van der Waals surface area contributed by atoms with Gasteiger partial charge in [0.25, 0.3) is 5.91 Å². The van der Waals surface area contributed by atoms with Crippen molar-refractivity contribution in [2.45, 2.75) is 37.3 Å². The Morgan fingerprint density at radius 1 is 1.21 bits per heavy atom. The number of amides is 1. The summed E-state index contributed by atoms with van der Waals surface area (Å²) in [5.41, 5.74) is 2.39. The maximum atomic E-state index is 12.5. The van der Waals surface area contributed by atoms with E-state index in [0.29, 0.717) is 18.0 Å². The molecule has 1 amide bonds. The number of carbonyl (C=O) groups excluding carboxylic acids is 1. The summed E-state index contributed by atoms with van der Waals surface area (Å²) in [5, 5.41) is 16.5. The van der Waals surface area contributed by atoms with Gasteiger partial charge in [0.2, 0.25) is 0 Å². The Hall–Kier alpha value is -2.18. The van der Waals surface area contributed by atoms with E-state index in [9.17, 15) is 9.90 Å². The smallest absolute Gasteiger partial charge is 0.269 e. The van der Waals surface area contributed by atoms with Crippen molar-refractivity contribution < 1.29 is 9.90 Å². The minimum atomic E-state index is -0.515. The Balaban J connectivity index is 1.46. The van der Waals surface area contributed by atoms with Gasteiger partial charge in [0.15, 0.2) is 0 Å². The molecule has 1 saturated heterocycles. The van der Waals surface area contributed by atoms with Gasteiger partial charge in [-0.2, -0.15) is 0 Å². The lowest BCUT2D eigenvalue weighted by molar-refractivity contribution is 0.0919. The van der Waals surface area contributed by atoms with Crippen molar-refractivity contribution in [3.05, 3.63) is 53.1 Å². The number of aliphatic hydroxyl groups excluding tert-OH is 1. The SMILES string of the molecule is O=C(NC1CC(O)c2ccccc21)c1cnc(C2CCNCC2)[nH]1. The predicted molar refractivity (Wildman–Crippen MR) is 89.7 cm³/mol. The number of nitrogens with one attached hydrogen (secondary N) is 3. The number of fused-ring (bicyclic) bond motifs is 1. The molecule has 2 aromatic rings. The second-order valence-corrected chi connectivity index (χ2v) is 6.61. The number of aromatic nitrogens is 2. The summed E-state index contributed by atoms with van der Waals surface area (Å²) in [6.07, 6.45) is 3.69. The van der Waals surface area contributed by atoms with Crippen LogP contribution in [0.25, 0.3) is 0 Å². The average Bonchev–Trinajstić information content (AvgIpc) is 3.22. The highest BCUT2D eigenvalue weighted by atomic mass is 16.3. The number of aromatic amines is 1. The number of rotatable bonds is 3. The normalized spacial score (nSPS) is 23.9. The van der Waals surface area contributed by atoms with Crippen molar-refractivity contribution in [1.29, 1.82) is 0 Å². The van der Waals surface area contributed by atoms with Crippen molar-refractivity contribution in [1.82, 2.24) is 20.6 Å². The zero-order valence-corrected chi connectivity index (χ0v) is 13.5. The van der Waals surface area contributed by atoms with Crippen LogP contribution in [0, 0.1) is 0 Å². The lowest BCUT2D eigenvalue weighted by Crippen LogP contribution is -2.28. The first-order valence-electron chi connectivity index (χ1n) is 8.55. The summed E-state index contributed by atoms with van der Waals surface area (Å²) in [6.45, 7) is 1.98. The summed E-state index contributed by atoms with van der Waals surface area (Å²) in [4.78, 5) is 20.1. The molecule has 1 aromatic heterocycles. The fraction of sp³-hybridized carbons (Fsp3) is 0.444. The van der Waals surface area contributed by atoms with Crippen LogP contribution in [0.15, 0.2) is 30.5 Å². The molecule has 4 rings (SSSR count). The molecule has 2 atom stereocenters. The number of benzene rings is 1. The summed E-state index contributed by atoms with van der Waals surface area (Å²) in [5.74, 6) is 1.12. The minimum Gasteiger partial charge on any atom is -0.388 e. The van der Waals surface area contributed by atoms with E-state index in [4.69, 9.17) is 0 Å². The van der Waals surface area contributed by atoms with Gasteiger partial charge in [0, 0.05) is 12.3 Å². The highest BCUT2D eigenvalue weighted by Gasteiger charge is 2.31. The summed E-state index contributed by atoms with van der Waals surface area (Å²) in [6, 6.07) is 7.56. The summed E-state index contributed by atoms with van der Waals surface area (Å²) >= 11 is 0. The first-order valence-corrected chi connectivity index (χ1v) is 8.55. The topological polar surface area (TPSA) is 90.0 Å². The molecule has 6 heteroatoms. The number of H-pyrrole nitrogens is 1. The van der Waals surface area contributed by atoms with Crippen molar-refractivity contribution in [2.75, 3.05) is 13.1 Å². The third kappa shape index (κ3) is 2.83. The van der Waals surface area contributed by atoms with E-state index in [1.807, 2.05) is 24.3 Å². The van der Waals surface area contributed by atoms with Gasteiger partial charge in [-0.05, 0) is 37.1 Å². The van der Waals surface area contributed by atoms with Gasteiger partial charge in [-0.25, -0.2) is 4.98 Å². The van der Waals surface area contributed by atoms with Gasteiger partial charge in [0.1, 0.15) is 11.5 Å². The number of carbonyl (C=O) groups is 1. The molecule has 1 aliphatic carbocycles. The highest BCUT2D eigenvalue weighted by molar-refractivity contribution is 5.92. The van der Waals surface area contributed by atoms with Gasteiger partial charge in [-0.15, -0.1) is 0 Å². The third-order valence-electron chi connectivity index (χ3n) is 5.06. The highest BCUT2D eigenvalue weighted by Crippen LogP contribution is 2.38. The van der Waals surface area contributed by atoms with Crippen LogP contribution in [0.2, 0.25) is 0 Å². The van der Waals surface area contributed by atoms with E-state index >= 15 is 0 Å². The monoisotopic (exact) mass is 326 g/mol. The number of aliphatic hydroxyl groups is 1. The lowest BCUT2D eigenvalue weighted by Gasteiger charge is -2.20. The van der Waals surface area contributed by atoms with Crippen molar-refractivity contribution in [2.24, 2.45) is 0 Å². The number of piperidine rings is 1. The van der Waals surface area contributed by atoms with E-state index in [-0.39, 0.29) is 11.9 Å². The van der Waals surface area contributed by atoms with Gasteiger partial charge in [-0.3, -0.25) is 4.79 Å². The molecule has 1 aliphatic heterocycles. The Bertz CT molecular complexity index is 736. The molecule has 1 aromatic carbocycles. The first-order chi connectivity index (χ1) is 11.7. The predicted octanol–water partition coefficient (Wildman–Crippen LogP) is 1.78. The zero-order chi connectivity index (χ0) is 16.5. The van der Waals surface area contributed by atoms with E-state index < -0.39 is 6.10 Å². The third-order valence-corrected chi connectivity index (χ3v) is 5.06. The molecule has 0 bridgehead atoms. The molecule has 2 unspecified atom stereocenters. The molecule has 4 N–H and O–H groups in total. The average molecular weight is 326 g/mol. The quantitative estimate of drug-likeness (QED) is 0.692. The van der Waals surface area contributed by atoms with Crippen LogP contribution in [0.5, 0.6) is 0 Å². The fourth-order valence-corrected chi connectivity index (χ4v) is 3.74. The van der Waals surface area contributed by atoms with E-state index in [2.05, 4.69) is 20.6 Å². The lowest BCUT2D eigenvalue weighted by atomic mass is 9.98. The van der Waals surface area contributed by atoms with Crippen LogP contribution in [0.3, 0.4) is 0 Å². The van der Waals surface area contributed by atoms with Crippen LogP contribution in [0.4, 0.5) is 0 Å². The van der Waals surface area contributed by atoms with Crippen molar-refractivity contribution in [3.8, 4) is 0 Å². The summed E-state index contributed by atoms with van der Waals surface area (Å²) in [7, 11) is 0. The number of hydrogen-bond acceptors (Lipinski definition) is 4. The maximum absolute atomic E-state index is 12.5. The standard InChI is InChI=1S/C18H22N4O2/c23-16-9-14(12-3-1-2-4-13(12)16)22-18(24)15-10-20-17(21-15)11-5-7-19-8-6-11/h1-4,10-11,14,16,19,23H,5-9H2,(H,20,21)(H,22,24). The fourth-order valence-electron chi connectivity index (χ4n) is 3.74. The zero-order valence-electron chi connectivity index (χ0n) is 13.5. The van der Waals surface area contributed by atoms with E-state index in [1.165, 1.54) is 0 Å². The molecule has 1 fully saturated rings. The molecule has 0 radical (unpaired) electrons. The maximum Gasteiger partial charge on any atom is 0.269 e. The van der Waals surface area contributed by atoms with Crippen LogP contribution in [0.1, 0.15) is 64.8 Å². The van der Waals surface area contributed by atoms with Crippen molar-refractivity contribution >= 4 is 5.91 Å². The molecule has 0 spiro atoms. The van der Waals surface area contributed by atoms with Crippen LogP contribution >= 0.6 is 0 Å².